The molecule has 0 spiro atoms. The van der Waals surface area contributed by atoms with Gasteiger partial charge in [0.15, 0.2) is 0 Å². The molecule has 0 aliphatic rings. The normalized spacial score (nSPS) is 9.95. The van der Waals surface area contributed by atoms with E-state index >= 15 is 0 Å². The van der Waals surface area contributed by atoms with Crippen LogP contribution in [0.15, 0.2) is 18.2 Å². The standard InChI is InChI=1S/C12H9ClN6O2/c1-6-10(19(20)21)11(18-12(15)16-6)17-9-4-8(13)3-2-7(9)5-14/h2-4H,1H3,(H3,15,16,17,18). The van der Waals surface area contributed by atoms with Crippen LogP contribution in [0.3, 0.4) is 0 Å². The van der Waals surface area contributed by atoms with Gasteiger partial charge in [-0.05, 0) is 25.1 Å². The molecule has 0 saturated heterocycles. The highest BCUT2D eigenvalue weighted by atomic mass is 35.5. The molecular formula is C12H9ClN6O2. The fraction of sp³-hybridized carbons (Fsp3) is 0.0833. The van der Waals surface area contributed by atoms with Crippen molar-refractivity contribution < 1.29 is 4.92 Å². The van der Waals surface area contributed by atoms with Gasteiger partial charge >= 0.3 is 5.69 Å². The maximum atomic E-state index is 11.1. The summed E-state index contributed by atoms with van der Waals surface area (Å²) in [5.41, 5.74) is 5.88. The number of nitrogen functional groups attached to an aromatic ring is 1. The Bertz CT molecular complexity index is 771. The quantitative estimate of drug-likeness (QED) is 0.658. The number of anilines is 3. The van der Waals surface area contributed by atoms with Crippen molar-refractivity contribution in [1.82, 2.24) is 9.97 Å². The number of nitrogens with zero attached hydrogens (tertiary/aromatic N) is 4. The van der Waals surface area contributed by atoms with E-state index in [0.29, 0.717) is 10.7 Å². The Morgan fingerprint density at radius 2 is 2.19 bits per heavy atom. The number of nitriles is 1. The number of nitro groups is 1. The molecule has 0 aliphatic heterocycles. The summed E-state index contributed by atoms with van der Waals surface area (Å²) in [6.07, 6.45) is 0. The van der Waals surface area contributed by atoms with E-state index in [0.717, 1.165) is 0 Å². The molecule has 0 amide bonds. The molecule has 1 aromatic heterocycles. The summed E-state index contributed by atoms with van der Waals surface area (Å²) in [5.74, 6) is -0.204. The van der Waals surface area contributed by atoms with Crippen molar-refractivity contribution in [1.29, 1.82) is 5.26 Å². The Balaban J connectivity index is 2.57. The van der Waals surface area contributed by atoms with Gasteiger partial charge in [0.2, 0.25) is 11.8 Å². The maximum absolute atomic E-state index is 11.1. The molecule has 0 atom stereocenters. The second kappa shape index (κ2) is 5.60. The molecule has 9 heteroatoms. The summed E-state index contributed by atoms with van der Waals surface area (Å²) >= 11 is 5.86. The number of rotatable bonds is 3. The summed E-state index contributed by atoms with van der Waals surface area (Å²) in [5, 5.41) is 23.3. The van der Waals surface area contributed by atoms with Gasteiger partial charge in [-0.25, -0.2) is 4.98 Å². The van der Waals surface area contributed by atoms with Gasteiger partial charge in [-0.2, -0.15) is 10.2 Å². The van der Waals surface area contributed by atoms with Crippen molar-refractivity contribution in [2.45, 2.75) is 6.92 Å². The summed E-state index contributed by atoms with van der Waals surface area (Å²) in [6, 6.07) is 6.46. The van der Waals surface area contributed by atoms with Gasteiger partial charge in [-0.15, -0.1) is 0 Å². The maximum Gasteiger partial charge on any atom is 0.332 e. The Morgan fingerprint density at radius 3 is 2.81 bits per heavy atom. The van der Waals surface area contributed by atoms with Crippen molar-refractivity contribution in [3.63, 3.8) is 0 Å². The monoisotopic (exact) mass is 304 g/mol. The zero-order valence-electron chi connectivity index (χ0n) is 10.8. The second-order valence-corrected chi connectivity index (χ2v) is 4.48. The SMILES string of the molecule is Cc1nc(N)nc(Nc2cc(Cl)ccc2C#N)c1[N+](=O)[O-]. The molecule has 2 rings (SSSR count). The van der Waals surface area contributed by atoms with Crippen LogP contribution in [-0.4, -0.2) is 14.9 Å². The van der Waals surface area contributed by atoms with E-state index in [1.54, 1.807) is 6.07 Å². The van der Waals surface area contributed by atoms with E-state index in [2.05, 4.69) is 15.3 Å². The van der Waals surface area contributed by atoms with Crippen LogP contribution in [0.4, 0.5) is 23.1 Å². The van der Waals surface area contributed by atoms with Crippen LogP contribution in [0.1, 0.15) is 11.3 Å². The number of hydrogen-bond acceptors (Lipinski definition) is 7. The van der Waals surface area contributed by atoms with Crippen LogP contribution in [-0.2, 0) is 0 Å². The number of nitrogens with one attached hydrogen (secondary N) is 1. The largest absolute Gasteiger partial charge is 0.368 e. The van der Waals surface area contributed by atoms with Gasteiger partial charge in [0.05, 0.1) is 16.2 Å². The van der Waals surface area contributed by atoms with Crippen molar-refractivity contribution in [3.8, 4) is 6.07 Å². The summed E-state index contributed by atoms with van der Waals surface area (Å²) < 4.78 is 0. The van der Waals surface area contributed by atoms with E-state index < -0.39 is 4.92 Å². The smallest absolute Gasteiger partial charge is 0.332 e. The first-order chi connectivity index (χ1) is 9.92. The topological polar surface area (TPSA) is 131 Å². The molecule has 1 aromatic carbocycles. The van der Waals surface area contributed by atoms with Gasteiger partial charge in [-0.1, -0.05) is 11.6 Å². The predicted molar refractivity (Wildman–Crippen MR) is 77.3 cm³/mol. The zero-order valence-corrected chi connectivity index (χ0v) is 11.5. The fourth-order valence-electron chi connectivity index (χ4n) is 1.74. The van der Waals surface area contributed by atoms with Gasteiger partial charge in [0, 0.05) is 5.02 Å². The van der Waals surface area contributed by atoms with Gasteiger partial charge in [0.25, 0.3) is 0 Å². The molecule has 0 bridgehead atoms. The van der Waals surface area contributed by atoms with Crippen molar-refractivity contribution in [2.24, 2.45) is 0 Å². The molecule has 21 heavy (non-hydrogen) atoms. The lowest BCUT2D eigenvalue weighted by atomic mass is 10.2. The Labute approximate surface area is 124 Å². The lowest BCUT2D eigenvalue weighted by molar-refractivity contribution is -0.385. The molecule has 0 unspecified atom stereocenters. The third kappa shape index (κ3) is 2.98. The minimum absolute atomic E-state index is 0.0937. The first-order valence-corrected chi connectivity index (χ1v) is 6.05. The number of hydrogen-bond donors (Lipinski definition) is 2. The Hall–Kier alpha value is -2.92. The third-order valence-corrected chi connectivity index (χ3v) is 2.85. The minimum Gasteiger partial charge on any atom is -0.368 e. The fourth-order valence-corrected chi connectivity index (χ4v) is 1.91. The van der Waals surface area contributed by atoms with Crippen LogP contribution in [0, 0.1) is 28.4 Å². The highest BCUT2D eigenvalue weighted by Crippen LogP contribution is 2.30. The Morgan fingerprint density at radius 1 is 1.48 bits per heavy atom. The van der Waals surface area contributed by atoms with Crippen LogP contribution < -0.4 is 11.1 Å². The summed E-state index contributed by atoms with van der Waals surface area (Å²) in [6.45, 7) is 1.45. The van der Waals surface area contributed by atoms with Gasteiger partial charge in [0.1, 0.15) is 11.8 Å². The average Bonchev–Trinajstić information content (AvgIpc) is 2.37. The molecule has 3 N–H and O–H groups in total. The first kappa shape index (κ1) is 14.5. The number of nitrogens with two attached hydrogens (primary N) is 1. The van der Waals surface area contributed by atoms with Crippen LogP contribution >= 0.6 is 11.6 Å². The number of aromatic nitrogens is 2. The molecule has 1 heterocycles. The second-order valence-electron chi connectivity index (χ2n) is 4.05. The predicted octanol–water partition coefficient (Wildman–Crippen LogP) is 2.54. The van der Waals surface area contributed by atoms with Crippen molar-refractivity contribution >= 4 is 34.7 Å². The molecule has 2 aromatic rings. The molecule has 0 radical (unpaired) electrons. The van der Waals surface area contributed by atoms with E-state index in [-0.39, 0.29) is 28.7 Å². The minimum atomic E-state index is -0.617. The van der Waals surface area contributed by atoms with Gasteiger partial charge < -0.3 is 11.1 Å². The molecule has 0 fully saturated rings. The number of halogens is 1. The van der Waals surface area contributed by atoms with Crippen LogP contribution in [0.5, 0.6) is 0 Å². The summed E-state index contributed by atoms with van der Waals surface area (Å²) in [4.78, 5) is 18.1. The third-order valence-electron chi connectivity index (χ3n) is 2.61. The Kier molecular flexibility index (Phi) is 3.86. The number of benzene rings is 1. The summed E-state index contributed by atoms with van der Waals surface area (Å²) in [7, 11) is 0. The van der Waals surface area contributed by atoms with Crippen molar-refractivity contribution in [3.05, 3.63) is 44.6 Å². The zero-order chi connectivity index (χ0) is 15.6. The number of aryl methyl sites for hydroxylation is 1. The van der Waals surface area contributed by atoms with Crippen LogP contribution in [0.2, 0.25) is 5.02 Å². The molecule has 0 aliphatic carbocycles. The molecule has 106 valence electrons. The van der Waals surface area contributed by atoms with E-state index in [9.17, 15) is 10.1 Å². The average molecular weight is 305 g/mol. The van der Waals surface area contributed by atoms with Crippen molar-refractivity contribution in [2.75, 3.05) is 11.1 Å². The first-order valence-electron chi connectivity index (χ1n) is 5.67. The lowest BCUT2D eigenvalue weighted by Gasteiger charge is -2.09. The van der Waals surface area contributed by atoms with E-state index in [1.165, 1.54) is 19.1 Å². The highest BCUT2D eigenvalue weighted by Gasteiger charge is 2.22. The molecular weight excluding hydrogens is 296 g/mol. The molecule has 0 saturated carbocycles. The highest BCUT2D eigenvalue weighted by molar-refractivity contribution is 6.30. The lowest BCUT2D eigenvalue weighted by Crippen LogP contribution is -2.07. The van der Waals surface area contributed by atoms with Gasteiger partial charge in [-0.3, -0.25) is 10.1 Å². The van der Waals surface area contributed by atoms with E-state index in [1.807, 2.05) is 6.07 Å². The van der Waals surface area contributed by atoms with E-state index in [4.69, 9.17) is 22.6 Å². The molecule has 8 nitrogen and oxygen atoms in total. The van der Waals surface area contributed by atoms with Crippen LogP contribution in [0.25, 0.3) is 0 Å².